The van der Waals surface area contributed by atoms with E-state index in [1.54, 1.807) is 6.07 Å². The largest absolute Gasteiger partial charge is 0.398 e. The predicted octanol–water partition coefficient (Wildman–Crippen LogP) is 4.24. The SMILES string of the molecule is CCCCCCCCNc1ccc(C(C)=O)c(N)c1. The quantitative estimate of drug-likeness (QED) is 0.397. The molecular formula is C16H26N2O. The molecule has 0 fully saturated rings. The first kappa shape index (κ1) is 15.5. The maximum atomic E-state index is 11.3. The van der Waals surface area contributed by atoms with Crippen molar-refractivity contribution in [2.24, 2.45) is 0 Å². The van der Waals surface area contributed by atoms with Gasteiger partial charge in [-0.2, -0.15) is 0 Å². The van der Waals surface area contributed by atoms with E-state index in [-0.39, 0.29) is 5.78 Å². The van der Waals surface area contributed by atoms with E-state index in [2.05, 4.69) is 12.2 Å². The van der Waals surface area contributed by atoms with Crippen LogP contribution in [0.15, 0.2) is 18.2 Å². The fraction of sp³-hybridized carbons (Fsp3) is 0.562. The summed E-state index contributed by atoms with van der Waals surface area (Å²) in [5.74, 6) is 0.0139. The molecule has 1 aromatic carbocycles. The lowest BCUT2D eigenvalue weighted by atomic mass is 10.1. The maximum Gasteiger partial charge on any atom is 0.161 e. The van der Waals surface area contributed by atoms with Crippen molar-refractivity contribution >= 4 is 17.2 Å². The van der Waals surface area contributed by atoms with Gasteiger partial charge in [0.25, 0.3) is 0 Å². The summed E-state index contributed by atoms with van der Waals surface area (Å²) in [6.45, 7) is 4.73. The molecule has 0 radical (unpaired) electrons. The van der Waals surface area contributed by atoms with Gasteiger partial charge in [0.2, 0.25) is 0 Å². The molecule has 1 rings (SSSR count). The Labute approximate surface area is 116 Å². The zero-order valence-electron chi connectivity index (χ0n) is 12.2. The minimum Gasteiger partial charge on any atom is -0.398 e. The lowest BCUT2D eigenvalue weighted by Crippen LogP contribution is -2.04. The average molecular weight is 262 g/mol. The highest BCUT2D eigenvalue weighted by atomic mass is 16.1. The number of rotatable bonds is 9. The first-order valence-electron chi connectivity index (χ1n) is 7.29. The van der Waals surface area contributed by atoms with E-state index >= 15 is 0 Å². The molecule has 19 heavy (non-hydrogen) atoms. The van der Waals surface area contributed by atoms with Crippen LogP contribution >= 0.6 is 0 Å². The Balaban J connectivity index is 2.26. The van der Waals surface area contributed by atoms with Crippen molar-refractivity contribution in [3.8, 4) is 0 Å². The van der Waals surface area contributed by atoms with Crippen LogP contribution in [0.25, 0.3) is 0 Å². The van der Waals surface area contributed by atoms with Crippen molar-refractivity contribution in [1.82, 2.24) is 0 Å². The van der Waals surface area contributed by atoms with Gasteiger partial charge in [-0.3, -0.25) is 4.79 Å². The normalized spacial score (nSPS) is 10.4. The fourth-order valence-corrected chi connectivity index (χ4v) is 2.13. The molecule has 0 atom stereocenters. The molecule has 0 heterocycles. The molecule has 3 N–H and O–H groups in total. The maximum absolute atomic E-state index is 11.3. The van der Waals surface area contributed by atoms with Gasteiger partial charge >= 0.3 is 0 Å². The van der Waals surface area contributed by atoms with E-state index in [1.165, 1.54) is 45.4 Å². The number of unbranched alkanes of at least 4 members (excludes halogenated alkanes) is 5. The van der Waals surface area contributed by atoms with E-state index in [1.807, 2.05) is 12.1 Å². The van der Waals surface area contributed by atoms with Gasteiger partial charge < -0.3 is 11.1 Å². The molecule has 3 nitrogen and oxygen atoms in total. The number of carbonyl (C=O) groups is 1. The number of hydrogen-bond acceptors (Lipinski definition) is 3. The third kappa shape index (κ3) is 5.77. The third-order valence-corrected chi connectivity index (χ3v) is 3.29. The van der Waals surface area contributed by atoms with Crippen LogP contribution in [0.1, 0.15) is 62.7 Å². The molecule has 0 saturated carbocycles. The summed E-state index contributed by atoms with van der Waals surface area (Å²) in [5.41, 5.74) is 8.00. The summed E-state index contributed by atoms with van der Waals surface area (Å²) in [6, 6.07) is 5.55. The minimum atomic E-state index is 0.0139. The lowest BCUT2D eigenvalue weighted by molar-refractivity contribution is 0.101. The molecule has 0 aliphatic rings. The second-order valence-corrected chi connectivity index (χ2v) is 5.05. The molecule has 0 spiro atoms. The number of nitrogens with two attached hydrogens (primary N) is 1. The molecule has 0 bridgehead atoms. The van der Waals surface area contributed by atoms with Gasteiger partial charge in [-0.15, -0.1) is 0 Å². The highest BCUT2D eigenvalue weighted by Crippen LogP contribution is 2.18. The van der Waals surface area contributed by atoms with Gasteiger partial charge in [0.15, 0.2) is 5.78 Å². The summed E-state index contributed by atoms with van der Waals surface area (Å²) in [5, 5.41) is 3.35. The van der Waals surface area contributed by atoms with Crippen LogP contribution in [0.4, 0.5) is 11.4 Å². The van der Waals surface area contributed by atoms with Gasteiger partial charge in [-0.05, 0) is 31.5 Å². The van der Waals surface area contributed by atoms with E-state index in [9.17, 15) is 4.79 Å². The Morgan fingerprint density at radius 3 is 2.47 bits per heavy atom. The van der Waals surface area contributed by atoms with E-state index in [0.717, 1.165) is 12.2 Å². The topological polar surface area (TPSA) is 55.1 Å². The molecule has 3 heteroatoms. The van der Waals surface area contributed by atoms with Crippen molar-refractivity contribution in [1.29, 1.82) is 0 Å². The van der Waals surface area contributed by atoms with E-state index in [0.29, 0.717) is 11.3 Å². The molecule has 106 valence electrons. The molecule has 1 aromatic rings. The summed E-state index contributed by atoms with van der Waals surface area (Å²) < 4.78 is 0. The summed E-state index contributed by atoms with van der Waals surface area (Å²) in [7, 11) is 0. The van der Waals surface area contributed by atoms with Crippen LogP contribution in [-0.2, 0) is 0 Å². The Morgan fingerprint density at radius 2 is 1.84 bits per heavy atom. The van der Waals surface area contributed by atoms with Crippen molar-refractivity contribution in [2.45, 2.75) is 52.4 Å². The molecule has 0 saturated heterocycles. The molecular weight excluding hydrogens is 236 g/mol. The molecule has 0 aliphatic carbocycles. The molecule has 0 unspecified atom stereocenters. The first-order valence-corrected chi connectivity index (χ1v) is 7.29. The Bertz CT molecular complexity index is 402. The average Bonchev–Trinajstić information content (AvgIpc) is 2.37. The molecule has 0 aromatic heterocycles. The molecule has 0 aliphatic heterocycles. The van der Waals surface area contributed by atoms with E-state index in [4.69, 9.17) is 5.73 Å². The lowest BCUT2D eigenvalue weighted by Gasteiger charge is -2.09. The zero-order valence-corrected chi connectivity index (χ0v) is 12.2. The van der Waals surface area contributed by atoms with E-state index < -0.39 is 0 Å². The highest BCUT2D eigenvalue weighted by Gasteiger charge is 2.04. The van der Waals surface area contributed by atoms with Crippen LogP contribution in [0, 0.1) is 0 Å². The summed E-state index contributed by atoms with van der Waals surface area (Å²) in [6.07, 6.45) is 7.75. The number of benzene rings is 1. The van der Waals surface area contributed by atoms with Gasteiger partial charge in [-0.1, -0.05) is 39.0 Å². The van der Waals surface area contributed by atoms with Crippen molar-refractivity contribution in [3.63, 3.8) is 0 Å². The fourth-order valence-electron chi connectivity index (χ4n) is 2.13. The summed E-state index contributed by atoms with van der Waals surface area (Å²) in [4.78, 5) is 11.3. The monoisotopic (exact) mass is 262 g/mol. The number of nitrogen functional groups attached to an aromatic ring is 1. The summed E-state index contributed by atoms with van der Waals surface area (Å²) >= 11 is 0. The Kier molecular flexibility index (Phi) is 7.01. The number of Topliss-reactive ketones (excluding diaryl/α,β-unsaturated/α-hetero) is 1. The van der Waals surface area contributed by atoms with Gasteiger partial charge in [0.1, 0.15) is 0 Å². The van der Waals surface area contributed by atoms with Crippen LogP contribution in [0.3, 0.4) is 0 Å². The standard InChI is InChI=1S/C16H26N2O/c1-3-4-5-6-7-8-11-18-14-9-10-15(13(2)19)16(17)12-14/h9-10,12,18H,3-8,11,17H2,1-2H3. The minimum absolute atomic E-state index is 0.0139. The Hall–Kier alpha value is -1.51. The predicted molar refractivity (Wildman–Crippen MR) is 82.7 cm³/mol. The van der Waals surface area contributed by atoms with Crippen LogP contribution < -0.4 is 11.1 Å². The number of nitrogens with one attached hydrogen (secondary N) is 1. The third-order valence-electron chi connectivity index (χ3n) is 3.29. The smallest absolute Gasteiger partial charge is 0.161 e. The number of anilines is 2. The Morgan fingerprint density at radius 1 is 1.16 bits per heavy atom. The highest BCUT2D eigenvalue weighted by molar-refractivity contribution is 5.99. The van der Waals surface area contributed by atoms with Crippen molar-refractivity contribution < 1.29 is 4.79 Å². The first-order chi connectivity index (χ1) is 9.15. The van der Waals surface area contributed by atoms with Crippen LogP contribution in [0.5, 0.6) is 0 Å². The van der Waals surface area contributed by atoms with Crippen LogP contribution in [-0.4, -0.2) is 12.3 Å². The zero-order chi connectivity index (χ0) is 14.1. The van der Waals surface area contributed by atoms with Crippen molar-refractivity contribution in [3.05, 3.63) is 23.8 Å². The number of carbonyl (C=O) groups excluding carboxylic acids is 1. The van der Waals surface area contributed by atoms with Gasteiger partial charge in [-0.25, -0.2) is 0 Å². The van der Waals surface area contributed by atoms with Crippen LogP contribution in [0.2, 0.25) is 0 Å². The second-order valence-electron chi connectivity index (χ2n) is 5.05. The van der Waals surface area contributed by atoms with Crippen molar-refractivity contribution in [2.75, 3.05) is 17.6 Å². The van der Waals surface area contributed by atoms with Gasteiger partial charge in [0, 0.05) is 23.5 Å². The second kappa shape index (κ2) is 8.57. The van der Waals surface area contributed by atoms with Gasteiger partial charge in [0.05, 0.1) is 0 Å². The number of ketones is 1. The number of hydrogen-bond donors (Lipinski definition) is 2. The molecule has 0 amide bonds.